The average Bonchev–Trinajstić information content (AvgIpc) is 2.93. The van der Waals surface area contributed by atoms with E-state index in [-0.39, 0.29) is 10.8 Å². The summed E-state index contributed by atoms with van der Waals surface area (Å²) >= 11 is 5.54. The second-order valence-corrected chi connectivity index (χ2v) is 7.41. The monoisotopic (exact) mass is 432 g/mol. The summed E-state index contributed by atoms with van der Waals surface area (Å²) in [6.45, 7) is 0. The van der Waals surface area contributed by atoms with E-state index in [9.17, 15) is 18.0 Å². The lowest BCUT2D eigenvalue weighted by Crippen LogP contribution is -2.55. The molecule has 6 nitrogen and oxygen atoms in total. The number of pyridine rings is 1. The number of carbonyl (C=O) groups is 1. The van der Waals surface area contributed by atoms with E-state index in [4.69, 9.17) is 22.2 Å². The van der Waals surface area contributed by atoms with Gasteiger partial charge in [0, 0.05) is 5.69 Å². The van der Waals surface area contributed by atoms with Crippen LogP contribution in [0.25, 0.3) is 0 Å². The van der Waals surface area contributed by atoms with Crippen molar-refractivity contribution in [2.75, 3.05) is 16.9 Å². The number of amides is 1. The fourth-order valence-electron chi connectivity index (χ4n) is 3.82. The highest BCUT2D eigenvalue weighted by Crippen LogP contribution is 2.48. The number of ether oxygens (including phenoxy) is 1. The number of rotatable bonds is 3. The smallest absolute Gasteiger partial charge is 0.419 e. The molecule has 10 heteroatoms. The first-order valence-electron chi connectivity index (χ1n) is 9.03. The number of halogens is 3. The zero-order valence-electron chi connectivity index (χ0n) is 15.7. The van der Waals surface area contributed by atoms with Crippen LogP contribution in [0.5, 0.6) is 5.75 Å². The fourth-order valence-corrected chi connectivity index (χ4v) is 4.29. The lowest BCUT2D eigenvalue weighted by molar-refractivity contribution is -0.138. The Balaban J connectivity index is 1.80. The van der Waals surface area contributed by atoms with Crippen LogP contribution in [0.15, 0.2) is 36.5 Å². The summed E-state index contributed by atoms with van der Waals surface area (Å²) in [5.41, 5.74) is -2.36. The van der Waals surface area contributed by atoms with Crippen molar-refractivity contribution < 1.29 is 22.7 Å². The van der Waals surface area contributed by atoms with E-state index in [1.165, 1.54) is 13.2 Å². The second kappa shape index (κ2) is 6.95. The van der Waals surface area contributed by atoms with Gasteiger partial charge in [-0.1, -0.05) is 0 Å². The van der Waals surface area contributed by atoms with E-state index in [1.54, 1.807) is 29.2 Å². The maximum Gasteiger partial charge on any atom is 0.419 e. The molecule has 0 unspecified atom stereocenters. The van der Waals surface area contributed by atoms with Crippen molar-refractivity contribution >= 4 is 34.6 Å². The van der Waals surface area contributed by atoms with Gasteiger partial charge in [0.15, 0.2) is 10.8 Å². The van der Waals surface area contributed by atoms with E-state index in [0.29, 0.717) is 24.3 Å². The zero-order chi connectivity index (χ0) is 21.7. The van der Waals surface area contributed by atoms with Gasteiger partial charge < -0.3 is 9.64 Å². The van der Waals surface area contributed by atoms with Gasteiger partial charge in [-0.25, -0.2) is 4.98 Å². The molecule has 1 aliphatic heterocycles. The summed E-state index contributed by atoms with van der Waals surface area (Å²) in [7, 11) is 1.53. The Kier molecular flexibility index (Phi) is 4.66. The lowest BCUT2D eigenvalue weighted by Gasteiger charge is -2.43. The predicted molar refractivity (Wildman–Crippen MR) is 106 cm³/mol. The maximum atomic E-state index is 13.4. The second-order valence-electron chi connectivity index (χ2n) is 7.04. The normalized spacial score (nSPS) is 17.8. The first-order chi connectivity index (χ1) is 14.2. The Morgan fingerprint density at radius 3 is 2.40 bits per heavy atom. The molecule has 30 heavy (non-hydrogen) atoms. The number of hydrogen-bond donors (Lipinski definition) is 0. The van der Waals surface area contributed by atoms with Crippen molar-refractivity contribution in [2.45, 2.75) is 31.0 Å². The number of benzene rings is 1. The molecule has 2 aromatic rings. The predicted octanol–water partition coefficient (Wildman–Crippen LogP) is 4.04. The Labute approximate surface area is 175 Å². The quantitative estimate of drug-likeness (QED) is 0.682. The number of hydrogen-bond acceptors (Lipinski definition) is 5. The Bertz CT molecular complexity index is 1070. The number of carbonyl (C=O) groups excluding carboxylic acids is 1. The summed E-state index contributed by atoms with van der Waals surface area (Å²) in [5, 5.41) is 9.04. The van der Waals surface area contributed by atoms with Crippen LogP contribution < -0.4 is 14.5 Å². The SMILES string of the molecule is COc1ccc(N2C(=S)N(c3cnc(C#N)c(C(F)(F)F)c3)C(=O)C23CCC3)cc1. The highest BCUT2D eigenvalue weighted by molar-refractivity contribution is 7.81. The van der Waals surface area contributed by atoms with Gasteiger partial charge >= 0.3 is 6.18 Å². The summed E-state index contributed by atoms with van der Waals surface area (Å²) in [6, 6.07) is 9.14. The van der Waals surface area contributed by atoms with Crippen molar-refractivity contribution in [3.05, 3.63) is 47.8 Å². The molecular weight excluding hydrogens is 417 g/mol. The van der Waals surface area contributed by atoms with Gasteiger partial charge in [0.25, 0.3) is 5.91 Å². The molecule has 0 atom stereocenters. The van der Waals surface area contributed by atoms with Gasteiger partial charge in [-0.3, -0.25) is 9.69 Å². The molecule has 1 spiro atoms. The van der Waals surface area contributed by atoms with Gasteiger partial charge in [0.2, 0.25) is 0 Å². The van der Waals surface area contributed by atoms with E-state index in [1.807, 2.05) is 0 Å². The average molecular weight is 432 g/mol. The van der Waals surface area contributed by atoms with E-state index >= 15 is 0 Å². The molecular formula is C20H15F3N4O2S. The molecule has 1 saturated carbocycles. The molecule has 154 valence electrons. The summed E-state index contributed by atoms with van der Waals surface area (Å²) < 4.78 is 45.3. The lowest BCUT2D eigenvalue weighted by atomic mass is 9.75. The van der Waals surface area contributed by atoms with E-state index in [2.05, 4.69) is 4.98 Å². The van der Waals surface area contributed by atoms with Gasteiger partial charge in [0.05, 0.1) is 24.6 Å². The fraction of sp³-hybridized carbons (Fsp3) is 0.300. The maximum absolute atomic E-state index is 13.4. The third kappa shape index (κ3) is 2.89. The standard InChI is InChI=1S/C20H15F3N4O2S/c1-29-14-5-3-12(4-6-14)27-18(30)26(17(28)19(27)7-2-8-19)13-9-15(20(21,22)23)16(10-24)25-11-13/h3-6,9,11H,2,7-8H2,1H3. The van der Waals surface area contributed by atoms with E-state index in [0.717, 1.165) is 23.6 Å². The summed E-state index contributed by atoms with van der Waals surface area (Å²) in [5.74, 6) is 0.231. The number of nitriles is 1. The van der Waals surface area contributed by atoms with Crippen LogP contribution in [0.3, 0.4) is 0 Å². The summed E-state index contributed by atoms with van der Waals surface area (Å²) in [6.07, 6.45) is -1.85. The van der Waals surface area contributed by atoms with Gasteiger partial charge in [-0.05, 0) is 61.8 Å². The van der Waals surface area contributed by atoms with Crippen LogP contribution in [0, 0.1) is 11.3 Å². The van der Waals surface area contributed by atoms with Gasteiger partial charge in [-0.2, -0.15) is 18.4 Å². The van der Waals surface area contributed by atoms with Crippen LogP contribution in [0.1, 0.15) is 30.5 Å². The third-order valence-corrected chi connectivity index (χ3v) is 5.83. The highest BCUT2D eigenvalue weighted by Gasteiger charge is 2.59. The molecule has 2 aliphatic rings. The molecule has 2 fully saturated rings. The topological polar surface area (TPSA) is 69.5 Å². The van der Waals surface area contributed by atoms with E-state index < -0.39 is 28.9 Å². The van der Waals surface area contributed by atoms with Crippen molar-refractivity contribution in [3.63, 3.8) is 0 Å². The molecule has 1 aliphatic carbocycles. The van der Waals surface area contributed by atoms with Crippen LogP contribution in [-0.4, -0.2) is 28.7 Å². The van der Waals surface area contributed by atoms with Crippen LogP contribution in [-0.2, 0) is 11.0 Å². The number of methoxy groups -OCH3 is 1. The van der Waals surface area contributed by atoms with Crippen LogP contribution in [0.4, 0.5) is 24.5 Å². The van der Waals surface area contributed by atoms with Crippen molar-refractivity contribution in [1.29, 1.82) is 5.26 Å². The molecule has 1 amide bonds. The van der Waals surface area contributed by atoms with Crippen molar-refractivity contribution in [1.82, 2.24) is 4.98 Å². The number of nitrogens with zero attached hydrogens (tertiary/aromatic N) is 4. The molecule has 1 aromatic carbocycles. The number of anilines is 2. The molecule has 4 rings (SSSR count). The zero-order valence-corrected chi connectivity index (χ0v) is 16.5. The van der Waals surface area contributed by atoms with Crippen molar-refractivity contribution in [3.8, 4) is 11.8 Å². The molecule has 0 bridgehead atoms. The molecule has 2 heterocycles. The molecule has 0 radical (unpaired) electrons. The Hall–Kier alpha value is -3.19. The number of alkyl halides is 3. The van der Waals surface area contributed by atoms with Crippen LogP contribution >= 0.6 is 12.2 Å². The molecule has 0 N–H and O–H groups in total. The first-order valence-corrected chi connectivity index (χ1v) is 9.44. The van der Waals surface area contributed by atoms with Crippen LogP contribution in [0.2, 0.25) is 0 Å². The molecule has 1 saturated heterocycles. The minimum absolute atomic E-state index is 0.0736. The highest BCUT2D eigenvalue weighted by atomic mass is 32.1. The van der Waals surface area contributed by atoms with Gasteiger partial charge in [-0.15, -0.1) is 0 Å². The van der Waals surface area contributed by atoms with Crippen molar-refractivity contribution in [2.24, 2.45) is 0 Å². The first kappa shape index (κ1) is 20.1. The minimum Gasteiger partial charge on any atom is -0.497 e. The van der Waals surface area contributed by atoms with Gasteiger partial charge in [0.1, 0.15) is 17.4 Å². The largest absolute Gasteiger partial charge is 0.497 e. The third-order valence-electron chi connectivity index (χ3n) is 5.47. The summed E-state index contributed by atoms with van der Waals surface area (Å²) in [4.78, 5) is 19.7. The number of thiocarbonyl (C=S) groups is 1. The number of aromatic nitrogens is 1. The Morgan fingerprint density at radius 2 is 1.90 bits per heavy atom. The Morgan fingerprint density at radius 1 is 1.23 bits per heavy atom. The minimum atomic E-state index is -4.79. The molecule has 1 aromatic heterocycles.